The molecule has 0 aromatic heterocycles. The Hall–Kier alpha value is -1.67. The number of hydrogen-bond acceptors (Lipinski definition) is 7. The number of fused-ring (bicyclic) bond motifs is 1. The number of ether oxygens (including phenoxy) is 4. The standard InChI is InChI=1S/C19H26O7/c1-11(25-12(2)20)15-16(18(21)17(3,4)19(18,22)26-15)24-10-13-6-8-14(23-5)9-7-13/h6-9,11,15-16,21-22H,10H2,1-5H3/t11-,15-,16+,18+,19+/m1/s1. The second kappa shape index (κ2) is 6.20. The van der Waals surface area contributed by atoms with Gasteiger partial charge in [0.1, 0.15) is 24.1 Å². The minimum absolute atomic E-state index is 0.204. The molecule has 1 aromatic rings. The molecule has 1 saturated carbocycles. The summed E-state index contributed by atoms with van der Waals surface area (Å²) >= 11 is 0. The average Bonchev–Trinajstić information content (AvgIpc) is 2.81. The van der Waals surface area contributed by atoms with Gasteiger partial charge in [0.2, 0.25) is 5.79 Å². The van der Waals surface area contributed by atoms with E-state index in [4.69, 9.17) is 18.9 Å². The molecule has 0 unspecified atom stereocenters. The maximum absolute atomic E-state index is 11.3. The van der Waals surface area contributed by atoms with Gasteiger partial charge in [-0.25, -0.2) is 0 Å². The Labute approximate surface area is 152 Å². The molecule has 1 saturated heterocycles. The second-order valence-electron chi connectivity index (χ2n) is 7.51. The van der Waals surface area contributed by atoms with Gasteiger partial charge >= 0.3 is 5.97 Å². The minimum atomic E-state index is -1.73. The number of carbonyl (C=O) groups is 1. The molecule has 2 fully saturated rings. The van der Waals surface area contributed by atoms with Crippen LogP contribution in [0.4, 0.5) is 0 Å². The fourth-order valence-corrected chi connectivity index (χ4v) is 3.90. The van der Waals surface area contributed by atoms with Gasteiger partial charge in [0, 0.05) is 6.92 Å². The highest BCUT2D eigenvalue weighted by Gasteiger charge is 2.93. The first-order valence-corrected chi connectivity index (χ1v) is 8.63. The Morgan fingerprint density at radius 1 is 1.27 bits per heavy atom. The van der Waals surface area contributed by atoms with Crippen molar-refractivity contribution in [2.75, 3.05) is 7.11 Å². The molecule has 1 heterocycles. The first-order chi connectivity index (χ1) is 12.1. The fourth-order valence-electron chi connectivity index (χ4n) is 3.90. The first-order valence-electron chi connectivity index (χ1n) is 8.63. The van der Waals surface area contributed by atoms with E-state index in [1.54, 1.807) is 27.9 Å². The summed E-state index contributed by atoms with van der Waals surface area (Å²) in [7, 11) is 1.59. The van der Waals surface area contributed by atoms with E-state index in [-0.39, 0.29) is 6.61 Å². The molecule has 26 heavy (non-hydrogen) atoms. The maximum Gasteiger partial charge on any atom is 0.302 e. The summed E-state index contributed by atoms with van der Waals surface area (Å²) in [5.41, 5.74) is -1.59. The van der Waals surface area contributed by atoms with Crippen LogP contribution in [0.5, 0.6) is 5.75 Å². The van der Waals surface area contributed by atoms with Gasteiger partial charge in [0.15, 0.2) is 5.60 Å². The van der Waals surface area contributed by atoms with Crippen LogP contribution < -0.4 is 4.74 Å². The van der Waals surface area contributed by atoms with Gasteiger partial charge in [-0.1, -0.05) is 26.0 Å². The van der Waals surface area contributed by atoms with Crippen molar-refractivity contribution in [1.29, 1.82) is 0 Å². The maximum atomic E-state index is 11.3. The van der Waals surface area contributed by atoms with E-state index >= 15 is 0 Å². The molecule has 0 amide bonds. The number of esters is 1. The molecule has 144 valence electrons. The average molecular weight is 366 g/mol. The van der Waals surface area contributed by atoms with Crippen molar-refractivity contribution in [3.8, 4) is 5.75 Å². The van der Waals surface area contributed by atoms with E-state index in [1.165, 1.54) is 6.92 Å². The van der Waals surface area contributed by atoms with Crippen LogP contribution in [0.15, 0.2) is 24.3 Å². The number of hydrogen-bond donors (Lipinski definition) is 2. The molecule has 3 rings (SSSR count). The summed E-state index contributed by atoms with van der Waals surface area (Å²) in [6.07, 6.45) is -2.30. The van der Waals surface area contributed by atoms with Gasteiger partial charge in [-0.2, -0.15) is 0 Å². The zero-order valence-corrected chi connectivity index (χ0v) is 15.7. The van der Waals surface area contributed by atoms with E-state index in [0.29, 0.717) is 0 Å². The summed E-state index contributed by atoms with van der Waals surface area (Å²) in [5, 5.41) is 21.8. The molecule has 2 aliphatic rings. The quantitative estimate of drug-likeness (QED) is 0.735. The molecular weight excluding hydrogens is 340 g/mol. The van der Waals surface area contributed by atoms with Crippen LogP contribution in [-0.2, 0) is 25.6 Å². The summed E-state index contributed by atoms with van der Waals surface area (Å²) < 4.78 is 22.0. The molecule has 0 spiro atoms. The SMILES string of the molecule is COc1ccc(CO[C@H]2[C@@H]([C@@H](C)OC(C)=O)O[C@@]3(O)C(C)(C)[C@@]23O)cc1. The molecule has 5 atom stereocenters. The van der Waals surface area contributed by atoms with Crippen LogP contribution in [-0.4, -0.2) is 53.0 Å². The summed E-state index contributed by atoms with van der Waals surface area (Å²) in [4.78, 5) is 11.3. The third-order valence-electron chi connectivity index (χ3n) is 5.67. The number of aliphatic hydroxyl groups is 2. The van der Waals surface area contributed by atoms with E-state index in [9.17, 15) is 15.0 Å². The van der Waals surface area contributed by atoms with Crippen molar-refractivity contribution >= 4 is 5.97 Å². The summed E-state index contributed by atoms with van der Waals surface area (Å²) in [6.45, 7) is 6.58. The van der Waals surface area contributed by atoms with Crippen LogP contribution in [0.1, 0.15) is 33.3 Å². The highest BCUT2D eigenvalue weighted by atomic mass is 16.7. The van der Waals surface area contributed by atoms with Gasteiger partial charge in [0.05, 0.1) is 19.1 Å². The lowest BCUT2D eigenvalue weighted by Crippen LogP contribution is -2.47. The summed E-state index contributed by atoms with van der Waals surface area (Å²) in [5.74, 6) is -1.46. The van der Waals surface area contributed by atoms with Crippen molar-refractivity contribution in [3.05, 3.63) is 29.8 Å². The third kappa shape index (κ3) is 2.53. The highest BCUT2D eigenvalue weighted by Crippen LogP contribution is 2.72. The second-order valence-corrected chi connectivity index (χ2v) is 7.51. The van der Waals surface area contributed by atoms with E-state index in [0.717, 1.165) is 11.3 Å². The van der Waals surface area contributed by atoms with Crippen LogP contribution in [0.2, 0.25) is 0 Å². The predicted octanol–water partition coefficient (Wildman–Crippen LogP) is 1.39. The van der Waals surface area contributed by atoms with Crippen molar-refractivity contribution in [3.63, 3.8) is 0 Å². The third-order valence-corrected chi connectivity index (χ3v) is 5.67. The van der Waals surface area contributed by atoms with Gasteiger partial charge < -0.3 is 29.2 Å². The van der Waals surface area contributed by atoms with E-state index < -0.39 is 41.1 Å². The summed E-state index contributed by atoms with van der Waals surface area (Å²) in [6, 6.07) is 7.34. The Kier molecular flexibility index (Phi) is 4.55. The van der Waals surface area contributed by atoms with Gasteiger partial charge in [-0.3, -0.25) is 4.79 Å². The Morgan fingerprint density at radius 2 is 1.88 bits per heavy atom. The molecule has 1 aromatic carbocycles. The monoisotopic (exact) mass is 366 g/mol. The van der Waals surface area contributed by atoms with Crippen LogP contribution in [0, 0.1) is 5.41 Å². The Bertz CT molecular complexity index is 686. The number of methoxy groups -OCH3 is 1. The Balaban J connectivity index is 1.78. The smallest absolute Gasteiger partial charge is 0.302 e. The zero-order chi connectivity index (χ0) is 19.3. The van der Waals surface area contributed by atoms with Crippen LogP contribution in [0.3, 0.4) is 0 Å². The molecule has 7 nitrogen and oxygen atoms in total. The molecule has 0 bridgehead atoms. The van der Waals surface area contributed by atoms with Crippen LogP contribution >= 0.6 is 0 Å². The van der Waals surface area contributed by atoms with Crippen molar-refractivity contribution < 1.29 is 34.0 Å². The van der Waals surface area contributed by atoms with Gasteiger partial charge in [0.25, 0.3) is 0 Å². The van der Waals surface area contributed by atoms with Crippen molar-refractivity contribution in [2.24, 2.45) is 5.41 Å². The first kappa shape index (κ1) is 19.1. The largest absolute Gasteiger partial charge is 0.497 e. The topological polar surface area (TPSA) is 94.5 Å². The number of carbonyl (C=O) groups excluding carboxylic acids is 1. The normalized spacial score (nSPS) is 35.5. The number of benzene rings is 1. The van der Waals surface area contributed by atoms with Gasteiger partial charge in [-0.05, 0) is 24.6 Å². The van der Waals surface area contributed by atoms with Crippen molar-refractivity contribution in [1.82, 2.24) is 0 Å². The van der Waals surface area contributed by atoms with E-state index in [2.05, 4.69) is 0 Å². The highest BCUT2D eigenvalue weighted by molar-refractivity contribution is 5.66. The molecular formula is C19H26O7. The van der Waals surface area contributed by atoms with Gasteiger partial charge in [-0.15, -0.1) is 0 Å². The lowest BCUT2D eigenvalue weighted by atomic mass is 9.95. The molecule has 7 heteroatoms. The molecule has 0 radical (unpaired) electrons. The fraction of sp³-hybridized carbons (Fsp3) is 0.632. The predicted molar refractivity (Wildman–Crippen MR) is 91.4 cm³/mol. The Morgan fingerprint density at radius 3 is 2.42 bits per heavy atom. The molecule has 2 N–H and O–H groups in total. The molecule has 1 aliphatic heterocycles. The van der Waals surface area contributed by atoms with Crippen LogP contribution in [0.25, 0.3) is 0 Å². The lowest BCUT2D eigenvalue weighted by Gasteiger charge is -2.32. The molecule has 1 aliphatic carbocycles. The van der Waals surface area contributed by atoms with E-state index in [1.807, 2.05) is 24.3 Å². The lowest BCUT2D eigenvalue weighted by molar-refractivity contribution is -0.205. The van der Waals surface area contributed by atoms with Crippen molar-refractivity contribution in [2.45, 2.75) is 64.0 Å². The zero-order valence-electron chi connectivity index (χ0n) is 15.7. The number of rotatable bonds is 6. The minimum Gasteiger partial charge on any atom is -0.497 e.